The minimum Gasteiger partial charge on any atom is -0.334 e. The molecule has 0 saturated carbocycles. The van der Waals surface area contributed by atoms with Crippen molar-refractivity contribution in [3.05, 3.63) is 0 Å². The Balaban J connectivity index is 2.81. The van der Waals surface area contributed by atoms with Crippen LogP contribution >= 0.6 is 0 Å². The Morgan fingerprint density at radius 3 is 1.50 bits per heavy atom. The second-order valence-electron chi connectivity index (χ2n) is 5.44. The van der Waals surface area contributed by atoms with Crippen LogP contribution in [-0.4, -0.2) is 45.8 Å². The van der Waals surface area contributed by atoms with Crippen molar-refractivity contribution in [3.8, 4) is 0 Å². The average molecular weight is 310 g/mol. The summed E-state index contributed by atoms with van der Waals surface area (Å²) in [6, 6.07) is -0.612. The Kier molecular flexibility index (Phi) is 6.33. The van der Waals surface area contributed by atoms with E-state index in [0.29, 0.717) is 11.7 Å². The number of amides is 4. The van der Waals surface area contributed by atoms with Gasteiger partial charge in [-0.05, 0) is 40.5 Å². The van der Waals surface area contributed by atoms with Crippen molar-refractivity contribution in [3.63, 3.8) is 0 Å². The molecule has 4 amide bonds. The number of carbonyl (C=O) groups is 2. The number of hydrogen-bond acceptors (Lipinski definition) is 4. The van der Waals surface area contributed by atoms with E-state index in [1.54, 1.807) is 13.8 Å². The summed E-state index contributed by atoms with van der Waals surface area (Å²) in [4.78, 5) is 24.3. The Bertz CT molecular complexity index is 444. The normalized spacial score (nSPS) is 17.4. The van der Waals surface area contributed by atoms with Crippen molar-refractivity contribution in [2.75, 3.05) is 0 Å². The van der Waals surface area contributed by atoms with Crippen molar-refractivity contribution in [1.29, 1.82) is 0 Å². The fraction of sp³-hybridized carbons (Fsp3) is 0.714. The van der Waals surface area contributed by atoms with Gasteiger partial charge in [-0.1, -0.05) is 13.8 Å². The highest BCUT2D eigenvalue weighted by Crippen LogP contribution is 2.09. The Morgan fingerprint density at radius 1 is 0.909 bits per heavy atom. The summed E-state index contributed by atoms with van der Waals surface area (Å²) in [5.74, 6) is 0.677. The third-order valence-corrected chi connectivity index (χ3v) is 3.45. The molecule has 22 heavy (non-hydrogen) atoms. The first kappa shape index (κ1) is 17.9. The highest BCUT2D eigenvalue weighted by atomic mass is 16.2. The first-order valence-corrected chi connectivity index (χ1v) is 7.61. The molecule has 124 valence electrons. The summed E-state index contributed by atoms with van der Waals surface area (Å²) < 4.78 is 0. The molecule has 0 radical (unpaired) electrons. The molecule has 1 heterocycles. The fourth-order valence-electron chi connectivity index (χ4n) is 1.65. The quantitative estimate of drug-likeness (QED) is 0.834. The monoisotopic (exact) mass is 310 g/mol. The van der Waals surface area contributed by atoms with Crippen molar-refractivity contribution >= 4 is 23.7 Å². The van der Waals surface area contributed by atoms with Gasteiger partial charge in [-0.15, -0.1) is 10.2 Å². The predicted octanol–water partition coefficient (Wildman–Crippen LogP) is 2.29. The molecular formula is C14H26N6O2. The summed E-state index contributed by atoms with van der Waals surface area (Å²) in [6.07, 6.45) is 1.64. The average Bonchev–Trinajstić information content (AvgIpc) is 2.48. The van der Waals surface area contributed by atoms with Crippen LogP contribution in [0.4, 0.5) is 9.59 Å². The van der Waals surface area contributed by atoms with E-state index in [9.17, 15) is 9.59 Å². The van der Waals surface area contributed by atoms with E-state index in [-0.39, 0.29) is 24.1 Å². The minimum atomic E-state index is -0.350. The first-order chi connectivity index (χ1) is 10.3. The van der Waals surface area contributed by atoms with Crippen LogP contribution < -0.4 is 10.6 Å². The van der Waals surface area contributed by atoms with Crippen molar-refractivity contribution < 1.29 is 9.59 Å². The molecule has 1 aliphatic heterocycles. The van der Waals surface area contributed by atoms with Gasteiger partial charge in [0.05, 0.1) is 0 Å². The van der Waals surface area contributed by atoms with Crippen molar-refractivity contribution in [1.82, 2.24) is 20.7 Å². The maximum Gasteiger partial charge on any atom is 0.344 e. The predicted molar refractivity (Wildman–Crippen MR) is 86.5 cm³/mol. The highest BCUT2D eigenvalue weighted by molar-refractivity contribution is 6.04. The van der Waals surface area contributed by atoms with E-state index in [4.69, 9.17) is 0 Å². The zero-order valence-corrected chi connectivity index (χ0v) is 14.2. The largest absolute Gasteiger partial charge is 0.344 e. The topological polar surface area (TPSA) is 89.4 Å². The van der Waals surface area contributed by atoms with E-state index in [2.05, 4.69) is 20.8 Å². The third-order valence-electron chi connectivity index (χ3n) is 3.45. The first-order valence-electron chi connectivity index (χ1n) is 7.61. The zero-order chi connectivity index (χ0) is 16.9. The zero-order valence-electron chi connectivity index (χ0n) is 14.2. The number of carbonyl (C=O) groups excluding carboxylic acids is 2. The molecule has 0 saturated heterocycles. The van der Waals surface area contributed by atoms with Gasteiger partial charge in [0, 0.05) is 12.1 Å². The van der Waals surface area contributed by atoms with E-state index < -0.39 is 0 Å². The Morgan fingerprint density at radius 2 is 1.23 bits per heavy atom. The van der Waals surface area contributed by atoms with Gasteiger partial charge in [-0.2, -0.15) is 10.0 Å². The molecule has 2 atom stereocenters. The summed E-state index contributed by atoms with van der Waals surface area (Å²) >= 11 is 0. The number of nitrogens with one attached hydrogen (secondary N) is 2. The van der Waals surface area contributed by atoms with Crippen molar-refractivity contribution in [2.45, 2.75) is 66.5 Å². The van der Waals surface area contributed by atoms with Crippen LogP contribution in [0.2, 0.25) is 0 Å². The van der Waals surface area contributed by atoms with E-state index >= 15 is 0 Å². The van der Waals surface area contributed by atoms with Crippen LogP contribution in [0.5, 0.6) is 0 Å². The lowest BCUT2D eigenvalue weighted by Crippen LogP contribution is -2.50. The lowest BCUT2D eigenvalue weighted by Gasteiger charge is -2.28. The van der Waals surface area contributed by atoms with Crippen LogP contribution in [0.3, 0.4) is 0 Å². The number of rotatable bonds is 4. The molecule has 0 bridgehead atoms. The molecular weight excluding hydrogens is 284 g/mol. The molecule has 0 aromatic heterocycles. The number of urea groups is 2. The second kappa shape index (κ2) is 7.77. The van der Waals surface area contributed by atoms with Crippen LogP contribution in [0, 0.1) is 0 Å². The Hall–Kier alpha value is -2.12. The molecule has 8 nitrogen and oxygen atoms in total. The SMILES string of the molecule is CCC(C)NC(=O)N1N=C(C)N(C(=O)NC(C)CC)N=C1C. The molecule has 2 N–H and O–H groups in total. The maximum atomic E-state index is 12.1. The molecule has 0 fully saturated rings. The summed E-state index contributed by atoms with van der Waals surface area (Å²) in [6.45, 7) is 11.1. The maximum absolute atomic E-state index is 12.1. The van der Waals surface area contributed by atoms with Crippen LogP contribution in [0.15, 0.2) is 10.2 Å². The van der Waals surface area contributed by atoms with Gasteiger partial charge in [0.25, 0.3) is 0 Å². The third kappa shape index (κ3) is 4.44. The van der Waals surface area contributed by atoms with Crippen LogP contribution in [0.25, 0.3) is 0 Å². The second-order valence-corrected chi connectivity index (χ2v) is 5.44. The number of hydrogen-bond donors (Lipinski definition) is 2. The minimum absolute atomic E-state index is 0.0440. The molecule has 0 aromatic rings. The van der Waals surface area contributed by atoms with Gasteiger partial charge in [0.15, 0.2) is 11.7 Å². The van der Waals surface area contributed by atoms with Gasteiger partial charge in [-0.3, -0.25) is 0 Å². The number of nitrogens with zero attached hydrogens (tertiary/aromatic N) is 4. The Labute approximate surface area is 131 Å². The summed E-state index contributed by atoms with van der Waals surface area (Å²) in [5.41, 5.74) is 0. The highest BCUT2D eigenvalue weighted by Gasteiger charge is 2.27. The van der Waals surface area contributed by atoms with Gasteiger partial charge in [-0.25, -0.2) is 9.59 Å². The molecule has 8 heteroatoms. The number of amidine groups is 2. The van der Waals surface area contributed by atoms with Gasteiger partial charge >= 0.3 is 12.1 Å². The van der Waals surface area contributed by atoms with Gasteiger partial charge in [0.1, 0.15) is 0 Å². The smallest absolute Gasteiger partial charge is 0.334 e. The van der Waals surface area contributed by atoms with Gasteiger partial charge < -0.3 is 10.6 Å². The van der Waals surface area contributed by atoms with Crippen LogP contribution in [0.1, 0.15) is 54.4 Å². The van der Waals surface area contributed by atoms with E-state index in [0.717, 1.165) is 12.8 Å². The molecule has 0 aliphatic carbocycles. The van der Waals surface area contributed by atoms with E-state index in [1.807, 2.05) is 27.7 Å². The standard InChI is InChI=1S/C14H26N6O2/c1-7-9(3)15-13(21)19-11(5)18-20(12(6)17-19)14(22)16-10(4)8-2/h9-10H,7-8H2,1-6H3,(H,15,21)(H,16,22). The van der Waals surface area contributed by atoms with Crippen molar-refractivity contribution in [2.24, 2.45) is 10.2 Å². The van der Waals surface area contributed by atoms with Gasteiger partial charge in [0.2, 0.25) is 0 Å². The fourth-order valence-corrected chi connectivity index (χ4v) is 1.65. The molecule has 0 spiro atoms. The molecule has 1 aliphatic rings. The van der Waals surface area contributed by atoms with E-state index in [1.165, 1.54) is 10.0 Å². The lowest BCUT2D eigenvalue weighted by molar-refractivity contribution is 0.206. The molecule has 1 rings (SSSR count). The molecule has 2 unspecified atom stereocenters. The number of hydrazone groups is 2. The molecule has 0 aromatic carbocycles. The lowest BCUT2D eigenvalue weighted by atomic mass is 10.3. The van der Waals surface area contributed by atoms with Crippen LogP contribution in [-0.2, 0) is 0 Å². The summed E-state index contributed by atoms with van der Waals surface area (Å²) in [5, 5.41) is 16.3. The summed E-state index contributed by atoms with van der Waals surface area (Å²) in [7, 11) is 0.